The molecule has 0 amide bonds. The van der Waals surface area contributed by atoms with Crippen molar-refractivity contribution in [3.05, 3.63) is 24.2 Å². The molecule has 4 heteroatoms. The Morgan fingerprint density at radius 1 is 1.38 bits per heavy atom. The molecule has 2 bridgehead atoms. The summed E-state index contributed by atoms with van der Waals surface area (Å²) in [5, 5.41) is 3.51. The van der Waals surface area contributed by atoms with Gasteiger partial charge in [-0.25, -0.2) is 4.79 Å². The van der Waals surface area contributed by atoms with E-state index >= 15 is 0 Å². The lowest BCUT2D eigenvalue weighted by Gasteiger charge is -2.28. The van der Waals surface area contributed by atoms with E-state index in [0.717, 1.165) is 12.8 Å². The number of nitrogens with one attached hydrogen (secondary N) is 1. The van der Waals surface area contributed by atoms with Crippen LogP contribution in [0.3, 0.4) is 0 Å². The summed E-state index contributed by atoms with van der Waals surface area (Å²) in [6.07, 6.45) is 5.82. The highest BCUT2D eigenvalue weighted by Crippen LogP contribution is 2.28. The van der Waals surface area contributed by atoms with Gasteiger partial charge in [0.15, 0.2) is 0 Å². The van der Waals surface area contributed by atoms with Gasteiger partial charge in [-0.1, -0.05) is 0 Å². The molecule has 2 atom stereocenters. The van der Waals surface area contributed by atoms with Gasteiger partial charge in [-0.2, -0.15) is 0 Å². The van der Waals surface area contributed by atoms with Crippen LogP contribution in [0.2, 0.25) is 0 Å². The third-order valence-electron chi connectivity index (χ3n) is 3.43. The summed E-state index contributed by atoms with van der Waals surface area (Å²) < 4.78 is 10.5. The number of fused-ring (bicyclic) bond motifs is 2. The summed E-state index contributed by atoms with van der Waals surface area (Å²) in [6, 6.07) is 4.40. The quantitative estimate of drug-likeness (QED) is 0.772. The monoisotopic (exact) mass is 221 g/mol. The van der Waals surface area contributed by atoms with Gasteiger partial charge in [0.25, 0.3) is 0 Å². The van der Waals surface area contributed by atoms with Gasteiger partial charge in [-0.3, -0.25) is 0 Å². The van der Waals surface area contributed by atoms with Gasteiger partial charge in [-0.15, -0.1) is 0 Å². The molecule has 1 N–H and O–H groups in total. The Labute approximate surface area is 94.0 Å². The summed E-state index contributed by atoms with van der Waals surface area (Å²) in [5.74, 6) is -0.0396. The van der Waals surface area contributed by atoms with E-state index in [1.165, 1.54) is 19.1 Å². The highest BCUT2D eigenvalue weighted by Gasteiger charge is 2.35. The molecule has 0 aromatic carbocycles. The molecule has 0 radical (unpaired) electrons. The van der Waals surface area contributed by atoms with Crippen LogP contribution in [0.4, 0.5) is 0 Å². The van der Waals surface area contributed by atoms with Gasteiger partial charge in [-0.05, 0) is 37.8 Å². The summed E-state index contributed by atoms with van der Waals surface area (Å²) in [5.41, 5.74) is 0. The van der Waals surface area contributed by atoms with Gasteiger partial charge < -0.3 is 14.5 Å². The van der Waals surface area contributed by atoms with Crippen LogP contribution in [-0.2, 0) is 4.74 Å². The second kappa shape index (κ2) is 3.94. The molecule has 4 nitrogen and oxygen atoms in total. The van der Waals surface area contributed by atoms with Crippen LogP contribution in [0.15, 0.2) is 22.8 Å². The first-order valence-corrected chi connectivity index (χ1v) is 5.82. The van der Waals surface area contributed by atoms with Crippen LogP contribution in [0.25, 0.3) is 0 Å². The lowest BCUT2D eigenvalue weighted by atomic mass is 10.0. The first kappa shape index (κ1) is 9.90. The van der Waals surface area contributed by atoms with Gasteiger partial charge in [0.05, 0.1) is 6.26 Å². The first-order chi connectivity index (χ1) is 7.81. The molecule has 3 rings (SSSR count). The Balaban J connectivity index is 1.61. The molecular weight excluding hydrogens is 206 g/mol. The number of rotatable bonds is 2. The smallest absolute Gasteiger partial charge is 0.374 e. The Morgan fingerprint density at radius 2 is 2.12 bits per heavy atom. The van der Waals surface area contributed by atoms with E-state index < -0.39 is 0 Å². The van der Waals surface area contributed by atoms with E-state index in [9.17, 15) is 4.79 Å². The number of esters is 1. The highest BCUT2D eigenvalue weighted by atomic mass is 16.6. The second-order valence-corrected chi connectivity index (χ2v) is 4.61. The van der Waals surface area contributed by atoms with E-state index in [1.807, 2.05) is 0 Å². The zero-order valence-electron chi connectivity index (χ0n) is 9.02. The van der Waals surface area contributed by atoms with Crippen molar-refractivity contribution in [2.75, 3.05) is 0 Å². The van der Waals surface area contributed by atoms with Crippen molar-refractivity contribution in [1.29, 1.82) is 0 Å². The Kier molecular flexibility index (Phi) is 2.44. The minimum atomic E-state index is -0.337. The van der Waals surface area contributed by atoms with Crippen molar-refractivity contribution in [2.45, 2.75) is 43.9 Å². The fraction of sp³-hybridized carbons (Fsp3) is 0.583. The number of hydrogen-bond acceptors (Lipinski definition) is 4. The number of ether oxygens (including phenoxy) is 1. The zero-order chi connectivity index (χ0) is 11.0. The lowest BCUT2D eigenvalue weighted by Crippen LogP contribution is -2.42. The number of piperidine rings is 1. The Hall–Kier alpha value is -1.29. The molecule has 3 heterocycles. The molecule has 2 fully saturated rings. The lowest BCUT2D eigenvalue weighted by molar-refractivity contribution is 0.0144. The van der Waals surface area contributed by atoms with Gasteiger partial charge in [0, 0.05) is 12.1 Å². The number of carbonyl (C=O) groups excluding carboxylic acids is 1. The zero-order valence-corrected chi connectivity index (χ0v) is 9.02. The standard InChI is InChI=1S/C12H15NO3/c14-12(11-2-1-5-15-11)16-10-6-8-3-4-9(7-10)13-8/h1-2,5,8-10,13H,3-4,6-7H2/t8-,9-/m1/s1. The van der Waals surface area contributed by atoms with Crippen LogP contribution in [-0.4, -0.2) is 24.2 Å². The van der Waals surface area contributed by atoms with Crippen molar-refractivity contribution >= 4 is 5.97 Å². The van der Waals surface area contributed by atoms with Crippen molar-refractivity contribution in [3.63, 3.8) is 0 Å². The topological polar surface area (TPSA) is 51.5 Å². The predicted octanol–water partition coefficient (Wildman–Crippen LogP) is 1.72. The van der Waals surface area contributed by atoms with Crippen LogP contribution < -0.4 is 5.32 Å². The van der Waals surface area contributed by atoms with Crippen LogP contribution in [0, 0.1) is 0 Å². The van der Waals surface area contributed by atoms with E-state index in [-0.39, 0.29) is 12.1 Å². The first-order valence-electron chi connectivity index (χ1n) is 5.82. The van der Waals surface area contributed by atoms with E-state index in [2.05, 4.69) is 5.32 Å². The van der Waals surface area contributed by atoms with E-state index in [0.29, 0.717) is 17.8 Å². The molecule has 16 heavy (non-hydrogen) atoms. The van der Waals surface area contributed by atoms with Crippen LogP contribution >= 0.6 is 0 Å². The predicted molar refractivity (Wildman–Crippen MR) is 57.1 cm³/mol. The van der Waals surface area contributed by atoms with Crippen molar-refractivity contribution in [3.8, 4) is 0 Å². The van der Waals surface area contributed by atoms with Crippen LogP contribution in [0.1, 0.15) is 36.2 Å². The third-order valence-corrected chi connectivity index (χ3v) is 3.43. The second-order valence-electron chi connectivity index (χ2n) is 4.61. The van der Waals surface area contributed by atoms with E-state index in [4.69, 9.17) is 9.15 Å². The van der Waals surface area contributed by atoms with Crippen molar-refractivity contribution in [1.82, 2.24) is 5.32 Å². The average Bonchev–Trinajstić information content (AvgIpc) is 2.88. The molecule has 0 spiro atoms. The molecule has 2 saturated heterocycles. The molecule has 86 valence electrons. The maximum Gasteiger partial charge on any atom is 0.374 e. The van der Waals surface area contributed by atoms with Gasteiger partial charge in [0.2, 0.25) is 5.76 Å². The Morgan fingerprint density at radius 3 is 2.75 bits per heavy atom. The molecule has 0 saturated carbocycles. The fourth-order valence-corrected chi connectivity index (χ4v) is 2.71. The van der Waals surface area contributed by atoms with Gasteiger partial charge >= 0.3 is 5.97 Å². The minimum absolute atomic E-state index is 0.0522. The minimum Gasteiger partial charge on any atom is -0.457 e. The summed E-state index contributed by atoms with van der Waals surface area (Å²) in [7, 11) is 0. The molecule has 0 aliphatic carbocycles. The SMILES string of the molecule is O=C(OC1C[C@H]2CC[C@H](C1)N2)c1ccco1. The van der Waals surface area contributed by atoms with Crippen molar-refractivity contribution in [2.24, 2.45) is 0 Å². The molecule has 1 aromatic heterocycles. The maximum absolute atomic E-state index is 11.7. The molecule has 2 aliphatic rings. The third kappa shape index (κ3) is 1.85. The molecule has 0 unspecified atom stereocenters. The normalized spacial score (nSPS) is 32.6. The van der Waals surface area contributed by atoms with Gasteiger partial charge in [0.1, 0.15) is 6.10 Å². The number of hydrogen-bond donors (Lipinski definition) is 1. The summed E-state index contributed by atoms with van der Waals surface area (Å²) in [6.45, 7) is 0. The molecule has 2 aliphatic heterocycles. The average molecular weight is 221 g/mol. The number of carbonyl (C=O) groups is 1. The summed E-state index contributed by atoms with van der Waals surface area (Å²) in [4.78, 5) is 11.7. The Bertz CT molecular complexity index is 362. The maximum atomic E-state index is 11.7. The van der Waals surface area contributed by atoms with E-state index in [1.54, 1.807) is 12.1 Å². The summed E-state index contributed by atoms with van der Waals surface area (Å²) >= 11 is 0. The molecule has 1 aromatic rings. The van der Waals surface area contributed by atoms with Crippen LogP contribution in [0.5, 0.6) is 0 Å². The van der Waals surface area contributed by atoms with Crippen molar-refractivity contribution < 1.29 is 13.9 Å². The highest BCUT2D eigenvalue weighted by molar-refractivity contribution is 5.86. The number of furan rings is 1. The molecular formula is C12H15NO3. The largest absolute Gasteiger partial charge is 0.457 e. The fourth-order valence-electron chi connectivity index (χ4n) is 2.71.